The molecule has 3 fully saturated rings. The summed E-state index contributed by atoms with van der Waals surface area (Å²) in [7, 11) is -3.84. The number of amides is 2. The molecule has 4 aliphatic heterocycles. The number of nitrogens with zero attached hydrogens (tertiary/aromatic N) is 4. The van der Waals surface area contributed by atoms with E-state index in [4.69, 9.17) is 18.0 Å². The van der Waals surface area contributed by atoms with E-state index in [0.29, 0.717) is 37.9 Å². The smallest absolute Gasteiger partial charge is 0.341 e. The number of nitrogens with one attached hydrogen (secondary N) is 1. The Kier molecular flexibility index (Phi) is 8.38. The third kappa shape index (κ3) is 6.07. The first kappa shape index (κ1) is 31.7. The lowest BCUT2D eigenvalue weighted by Crippen LogP contribution is -2.53. The van der Waals surface area contributed by atoms with Crippen LogP contribution in [0, 0.1) is 19.7 Å². The molecular formula is C36H44FN5O8S. The number of ether oxygens (including phenoxy) is 2. The average molecular weight is 729 g/mol. The highest BCUT2D eigenvalue weighted by Crippen LogP contribution is 2.40. The molecule has 15 heteroatoms. The van der Waals surface area contributed by atoms with Gasteiger partial charge in [-0.3, -0.25) is 14.5 Å². The normalized spacial score (nSPS) is 23.5. The van der Waals surface area contributed by atoms with Gasteiger partial charge in [-0.05, 0) is 82.3 Å². The van der Waals surface area contributed by atoms with Gasteiger partial charge >= 0.3 is 15.8 Å². The van der Waals surface area contributed by atoms with Crippen LogP contribution in [0.25, 0.3) is 11.0 Å². The Balaban J connectivity index is 1.17. The molecule has 274 valence electrons. The van der Waals surface area contributed by atoms with E-state index in [-0.39, 0.29) is 43.2 Å². The highest BCUT2D eigenvalue weighted by Gasteiger charge is 2.47. The van der Waals surface area contributed by atoms with E-state index in [1.807, 2.05) is 18.6 Å². The molecule has 1 atom stereocenters. The van der Waals surface area contributed by atoms with E-state index in [9.17, 15) is 22.8 Å². The highest BCUT2D eigenvalue weighted by molar-refractivity contribution is 7.87. The van der Waals surface area contributed by atoms with Crippen LogP contribution in [-0.2, 0) is 27.9 Å². The minimum atomic E-state index is -4.34. The number of anilines is 1. The maximum Gasteiger partial charge on any atom is 0.341 e. The van der Waals surface area contributed by atoms with Crippen LogP contribution in [0.1, 0.15) is 72.8 Å². The van der Waals surface area contributed by atoms with Gasteiger partial charge in [0, 0.05) is 62.0 Å². The van der Waals surface area contributed by atoms with Crippen LogP contribution in [0.4, 0.5) is 10.1 Å². The van der Waals surface area contributed by atoms with Crippen LogP contribution < -0.4 is 20.0 Å². The summed E-state index contributed by atoms with van der Waals surface area (Å²) in [5.41, 5.74) is 2.19. The number of benzene rings is 2. The summed E-state index contributed by atoms with van der Waals surface area (Å²) >= 11 is 0. The fraction of sp³-hybridized carbons (Fsp3) is 0.528. The van der Waals surface area contributed by atoms with Gasteiger partial charge in [0.05, 0.1) is 47.0 Å². The van der Waals surface area contributed by atoms with Crippen molar-refractivity contribution in [2.75, 3.05) is 58.9 Å². The molecule has 4 aliphatic rings. The molecule has 0 radical (unpaired) electrons. The number of likely N-dealkylation sites (N-methyl/N-ethyl adjacent to an activating group) is 1. The van der Waals surface area contributed by atoms with Gasteiger partial charge < -0.3 is 23.7 Å². The number of methoxy groups -OCH3 is 2. The molecule has 2 amide bonds. The highest BCUT2D eigenvalue weighted by atomic mass is 32.2. The first-order valence-electron chi connectivity index (χ1n) is 18.7. The lowest BCUT2D eigenvalue weighted by molar-refractivity contribution is 0.0726. The molecule has 7 rings (SSSR count). The van der Waals surface area contributed by atoms with Crippen molar-refractivity contribution in [1.29, 1.82) is 0 Å². The van der Waals surface area contributed by atoms with Crippen LogP contribution in [-0.4, -0.2) is 106 Å². The number of carbonyl (C=O) groups excluding carboxylic acids is 2. The second-order valence-electron chi connectivity index (χ2n) is 14.0. The maximum absolute atomic E-state index is 16.2. The van der Waals surface area contributed by atoms with Gasteiger partial charge in [-0.15, -0.1) is 0 Å². The Morgan fingerprint density at radius 3 is 2.47 bits per heavy atom. The Morgan fingerprint density at radius 1 is 1.08 bits per heavy atom. The standard InChI is InChI=1S/C36H44FN5O8S/c1-20-16-29(40-15-14-39(3)24(17-40)19-48-4)21(2)32-30(20)25-12-13-41(18-28(25)36(45)50-32)35(44)26-10-11-27(33(49-5)31(26)37)34(43)38-51(46,47)42-22-6-7-23(42)9-8-22/h10-11,16,22-24H,6-9,12-15,17-19H2,1-5H3,(H,38,43)/i5D3. The summed E-state index contributed by atoms with van der Waals surface area (Å²) in [5, 5.41) is 0.785. The fourth-order valence-corrected chi connectivity index (χ4v) is 10.1. The predicted octanol–water partition coefficient (Wildman–Crippen LogP) is 3.12. The SMILES string of the molecule is [2H]C([2H])([2H])Oc1c(C(=O)NS(=O)(=O)N2C3CCC2CC3)ccc(C(=O)N2CCc3c(c(=O)oc4c(C)c(N5CCN(C)C(COC)C5)cc(C)c34)C2)c1F. The van der Waals surface area contributed by atoms with Gasteiger partial charge in [-0.1, -0.05) is 0 Å². The molecule has 2 bridgehead atoms. The van der Waals surface area contributed by atoms with Crippen LogP contribution in [0.15, 0.2) is 27.4 Å². The van der Waals surface area contributed by atoms with E-state index in [1.165, 1.54) is 9.21 Å². The molecule has 1 unspecified atom stereocenters. The monoisotopic (exact) mass is 728 g/mol. The van der Waals surface area contributed by atoms with Gasteiger partial charge in [-0.2, -0.15) is 12.7 Å². The number of piperazine rings is 1. The first-order chi connectivity index (χ1) is 25.5. The summed E-state index contributed by atoms with van der Waals surface area (Å²) in [4.78, 5) is 46.5. The number of rotatable bonds is 8. The summed E-state index contributed by atoms with van der Waals surface area (Å²) in [6, 6.07) is 3.71. The zero-order chi connectivity index (χ0) is 38.9. The number of halogens is 1. The molecule has 1 aromatic heterocycles. The van der Waals surface area contributed by atoms with Crippen molar-refractivity contribution in [2.24, 2.45) is 0 Å². The molecule has 13 nitrogen and oxygen atoms in total. The Morgan fingerprint density at radius 2 is 1.78 bits per heavy atom. The molecule has 3 saturated heterocycles. The number of hydrogen-bond acceptors (Lipinski definition) is 10. The van der Waals surface area contributed by atoms with Crippen LogP contribution in [0.3, 0.4) is 0 Å². The van der Waals surface area contributed by atoms with Crippen molar-refractivity contribution in [1.82, 2.24) is 18.8 Å². The zero-order valence-electron chi connectivity index (χ0n) is 32.1. The van der Waals surface area contributed by atoms with Gasteiger partial charge in [0.25, 0.3) is 11.8 Å². The van der Waals surface area contributed by atoms with Gasteiger partial charge in [0.15, 0.2) is 11.6 Å². The minimum Gasteiger partial charge on any atom is -0.493 e. The second-order valence-corrected chi connectivity index (χ2v) is 15.6. The lowest BCUT2D eigenvalue weighted by Gasteiger charge is -2.41. The quantitative estimate of drug-likeness (QED) is 0.344. The van der Waals surface area contributed by atoms with E-state index in [1.54, 1.807) is 7.11 Å². The van der Waals surface area contributed by atoms with Crippen LogP contribution >= 0.6 is 0 Å². The third-order valence-electron chi connectivity index (χ3n) is 11.1. The first-order valence-corrected chi connectivity index (χ1v) is 18.6. The maximum atomic E-state index is 16.2. The summed E-state index contributed by atoms with van der Waals surface area (Å²) in [5.74, 6) is -4.72. The number of fused-ring (bicyclic) bond motifs is 5. The molecule has 1 N–H and O–H groups in total. The van der Waals surface area contributed by atoms with Crippen molar-refractivity contribution < 1.29 is 40.4 Å². The number of hydrogen-bond donors (Lipinski definition) is 1. The zero-order valence-corrected chi connectivity index (χ0v) is 29.9. The second kappa shape index (κ2) is 13.5. The van der Waals surface area contributed by atoms with Crippen molar-refractivity contribution in [3.05, 3.63) is 67.8 Å². The summed E-state index contributed by atoms with van der Waals surface area (Å²) < 4.78 is 84.8. The summed E-state index contributed by atoms with van der Waals surface area (Å²) in [6.07, 6.45) is 2.88. The Labute approximate surface area is 300 Å². The van der Waals surface area contributed by atoms with E-state index >= 15 is 4.39 Å². The third-order valence-corrected chi connectivity index (χ3v) is 12.7. The van der Waals surface area contributed by atoms with Crippen molar-refractivity contribution in [3.8, 4) is 5.75 Å². The predicted molar refractivity (Wildman–Crippen MR) is 188 cm³/mol. The molecule has 0 saturated carbocycles. The van der Waals surface area contributed by atoms with Crippen molar-refractivity contribution >= 4 is 38.7 Å². The molecule has 0 spiro atoms. The Hall–Kier alpha value is -4.05. The van der Waals surface area contributed by atoms with Crippen molar-refractivity contribution in [3.63, 3.8) is 0 Å². The molecule has 3 aromatic rings. The fourth-order valence-electron chi connectivity index (χ4n) is 8.44. The van der Waals surface area contributed by atoms with Crippen molar-refractivity contribution in [2.45, 2.75) is 70.6 Å². The van der Waals surface area contributed by atoms with Crippen LogP contribution in [0.2, 0.25) is 0 Å². The van der Waals surface area contributed by atoms with E-state index < -0.39 is 57.4 Å². The molecule has 5 heterocycles. The summed E-state index contributed by atoms with van der Waals surface area (Å²) in [6.45, 7) is 6.70. The number of carbonyl (C=O) groups is 2. The largest absolute Gasteiger partial charge is 0.493 e. The molecular weight excluding hydrogens is 681 g/mol. The van der Waals surface area contributed by atoms with Gasteiger partial charge in [-0.25, -0.2) is 13.9 Å². The Bertz CT molecular complexity index is 2180. The molecule has 51 heavy (non-hydrogen) atoms. The average Bonchev–Trinajstić information content (AvgIpc) is 3.73. The van der Waals surface area contributed by atoms with Crippen LogP contribution in [0.5, 0.6) is 5.75 Å². The lowest BCUT2D eigenvalue weighted by atomic mass is 9.92. The van der Waals surface area contributed by atoms with Gasteiger partial charge in [0.1, 0.15) is 5.58 Å². The minimum absolute atomic E-state index is 0.0926. The molecule has 2 aromatic carbocycles. The molecule has 0 aliphatic carbocycles. The van der Waals surface area contributed by atoms with Gasteiger partial charge in [0.2, 0.25) is 0 Å². The number of aryl methyl sites for hydroxylation is 2. The van der Waals surface area contributed by atoms with E-state index in [2.05, 4.69) is 22.9 Å². The van der Waals surface area contributed by atoms with E-state index in [0.717, 1.165) is 59.5 Å². The topological polar surface area (TPSA) is 142 Å².